The van der Waals surface area contributed by atoms with Crippen LogP contribution in [0.15, 0.2) is 18.3 Å². The Bertz CT molecular complexity index is 413. The number of carbonyl (C=O) groups excluding carboxylic acids is 1. The van der Waals surface area contributed by atoms with Crippen molar-refractivity contribution in [3.63, 3.8) is 0 Å². The normalized spacial score (nSPS) is 18.3. The van der Waals surface area contributed by atoms with Gasteiger partial charge in [-0.2, -0.15) is 0 Å². The number of rotatable bonds is 3. The molecular weight excluding hydrogens is 250 g/mol. The molecule has 3 N–H and O–H groups in total. The minimum atomic E-state index is -0.339. The molecule has 0 spiro atoms. The fourth-order valence-corrected chi connectivity index (χ4v) is 2.50. The summed E-state index contributed by atoms with van der Waals surface area (Å²) in [6, 6.07) is 3.38. The van der Waals surface area contributed by atoms with E-state index < -0.39 is 0 Å². The van der Waals surface area contributed by atoms with E-state index in [-0.39, 0.29) is 11.4 Å². The van der Waals surface area contributed by atoms with Crippen LogP contribution in [0, 0.1) is 0 Å². The van der Waals surface area contributed by atoms with Crippen molar-refractivity contribution < 1.29 is 4.79 Å². The molecule has 4 nitrogen and oxygen atoms in total. The van der Waals surface area contributed by atoms with E-state index in [0.717, 1.165) is 25.7 Å². The summed E-state index contributed by atoms with van der Waals surface area (Å²) in [5.41, 5.74) is 5.90. The second kappa shape index (κ2) is 5.67. The Morgan fingerprint density at radius 1 is 1.39 bits per heavy atom. The third kappa shape index (κ3) is 3.68. The van der Waals surface area contributed by atoms with Gasteiger partial charge in [-0.15, -0.1) is 0 Å². The third-order valence-corrected chi connectivity index (χ3v) is 3.58. The Hall–Kier alpha value is -1.13. The van der Waals surface area contributed by atoms with E-state index in [0.29, 0.717) is 17.3 Å². The molecule has 5 heteroatoms. The minimum absolute atomic E-state index is 0.0748. The molecule has 0 aliphatic heterocycles. The molecule has 0 atom stereocenters. The van der Waals surface area contributed by atoms with Crippen LogP contribution in [0.1, 0.15) is 38.5 Å². The van der Waals surface area contributed by atoms with Crippen molar-refractivity contribution in [2.24, 2.45) is 5.73 Å². The van der Waals surface area contributed by atoms with Crippen LogP contribution in [0.4, 0.5) is 5.82 Å². The lowest BCUT2D eigenvalue weighted by molar-refractivity contribution is -0.117. The van der Waals surface area contributed by atoms with Crippen molar-refractivity contribution >= 4 is 23.3 Å². The van der Waals surface area contributed by atoms with Crippen LogP contribution in [0.2, 0.25) is 5.02 Å². The average molecular weight is 268 g/mol. The fourth-order valence-electron chi connectivity index (χ4n) is 2.39. The first kappa shape index (κ1) is 13.3. The molecule has 1 aliphatic rings. The zero-order valence-corrected chi connectivity index (χ0v) is 11.0. The van der Waals surface area contributed by atoms with Gasteiger partial charge in [-0.3, -0.25) is 4.79 Å². The number of aromatic nitrogens is 1. The number of nitrogens with zero attached hydrogens (tertiary/aromatic N) is 1. The third-order valence-electron chi connectivity index (χ3n) is 3.36. The van der Waals surface area contributed by atoms with Gasteiger partial charge in [0.2, 0.25) is 5.91 Å². The number of nitrogens with one attached hydrogen (secondary N) is 1. The standard InChI is InChI=1S/C13H18ClN3O/c14-10-4-5-11(16-9-10)17-12(18)8-13(15)6-2-1-3-7-13/h4-5,9H,1-3,6-8,15H2,(H,16,17,18). The first-order chi connectivity index (χ1) is 8.57. The van der Waals surface area contributed by atoms with Gasteiger partial charge in [-0.1, -0.05) is 30.9 Å². The second-order valence-electron chi connectivity index (χ2n) is 5.01. The molecule has 18 heavy (non-hydrogen) atoms. The quantitative estimate of drug-likeness (QED) is 0.885. The van der Waals surface area contributed by atoms with E-state index in [2.05, 4.69) is 10.3 Å². The highest BCUT2D eigenvalue weighted by molar-refractivity contribution is 6.30. The number of anilines is 1. The molecule has 0 unspecified atom stereocenters. The van der Waals surface area contributed by atoms with E-state index in [1.54, 1.807) is 12.1 Å². The highest BCUT2D eigenvalue weighted by Crippen LogP contribution is 2.28. The van der Waals surface area contributed by atoms with Crippen LogP contribution in [-0.2, 0) is 4.79 Å². The summed E-state index contributed by atoms with van der Waals surface area (Å²) in [4.78, 5) is 15.9. The summed E-state index contributed by atoms with van der Waals surface area (Å²) in [5, 5.41) is 3.30. The predicted molar refractivity (Wildman–Crippen MR) is 72.5 cm³/mol. The van der Waals surface area contributed by atoms with Gasteiger partial charge in [-0.25, -0.2) is 4.98 Å². The smallest absolute Gasteiger partial charge is 0.227 e. The van der Waals surface area contributed by atoms with E-state index >= 15 is 0 Å². The first-order valence-corrected chi connectivity index (χ1v) is 6.66. The number of pyridine rings is 1. The average Bonchev–Trinajstić information content (AvgIpc) is 2.32. The van der Waals surface area contributed by atoms with Crippen molar-refractivity contribution in [2.45, 2.75) is 44.1 Å². The molecule has 1 fully saturated rings. The molecule has 2 rings (SSSR count). The van der Waals surface area contributed by atoms with Crippen LogP contribution in [-0.4, -0.2) is 16.4 Å². The van der Waals surface area contributed by atoms with Crippen LogP contribution in [0.3, 0.4) is 0 Å². The SMILES string of the molecule is NC1(CC(=O)Nc2ccc(Cl)cn2)CCCCC1. The van der Waals surface area contributed by atoms with Crippen molar-refractivity contribution in [1.29, 1.82) is 0 Å². The Balaban J connectivity index is 1.90. The molecule has 1 amide bonds. The van der Waals surface area contributed by atoms with Gasteiger partial charge in [0.25, 0.3) is 0 Å². The van der Waals surface area contributed by atoms with Gasteiger partial charge >= 0.3 is 0 Å². The highest BCUT2D eigenvalue weighted by Gasteiger charge is 2.29. The Morgan fingerprint density at radius 3 is 2.72 bits per heavy atom. The number of nitrogens with two attached hydrogens (primary N) is 1. The van der Waals surface area contributed by atoms with Gasteiger partial charge in [-0.05, 0) is 25.0 Å². The summed E-state index contributed by atoms with van der Waals surface area (Å²) < 4.78 is 0. The number of hydrogen-bond acceptors (Lipinski definition) is 3. The van der Waals surface area contributed by atoms with Crippen molar-refractivity contribution in [3.05, 3.63) is 23.4 Å². The number of halogens is 1. The maximum Gasteiger partial charge on any atom is 0.227 e. The summed E-state index contributed by atoms with van der Waals surface area (Å²) in [6.07, 6.45) is 7.17. The second-order valence-corrected chi connectivity index (χ2v) is 5.45. The van der Waals surface area contributed by atoms with Gasteiger partial charge < -0.3 is 11.1 Å². The molecule has 0 bridgehead atoms. The van der Waals surface area contributed by atoms with Crippen molar-refractivity contribution in [3.8, 4) is 0 Å². The number of amides is 1. The van der Waals surface area contributed by atoms with Gasteiger partial charge in [0.05, 0.1) is 5.02 Å². The lowest BCUT2D eigenvalue weighted by Crippen LogP contribution is -2.44. The monoisotopic (exact) mass is 267 g/mol. The summed E-state index contributed by atoms with van der Waals surface area (Å²) in [7, 11) is 0. The first-order valence-electron chi connectivity index (χ1n) is 6.28. The molecule has 0 aromatic carbocycles. The van der Waals surface area contributed by atoms with E-state index in [1.165, 1.54) is 12.6 Å². The zero-order valence-electron chi connectivity index (χ0n) is 10.3. The highest BCUT2D eigenvalue weighted by atomic mass is 35.5. The number of carbonyl (C=O) groups is 1. The van der Waals surface area contributed by atoms with Crippen molar-refractivity contribution in [2.75, 3.05) is 5.32 Å². The van der Waals surface area contributed by atoms with Crippen LogP contribution in [0.5, 0.6) is 0 Å². The lowest BCUT2D eigenvalue weighted by Gasteiger charge is -2.32. The van der Waals surface area contributed by atoms with Gasteiger partial charge in [0.15, 0.2) is 0 Å². The Labute approximate surface area is 112 Å². The molecule has 1 heterocycles. The summed E-state index contributed by atoms with van der Waals surface area (Å²) in [6.45, 7) is 0. The number of hydrogen-bond donors (Lipinski definition) is 2. The minimum Gasteiger partial charge on any atom is -0.325 e. The summed E-state index contributed by atoms with van der Waals surface area (Å²) >= 11 is 5.73. The zero-order chi connectivity index (χ0) is 13.0. The van der Waals surface area contributed by atoms with Gasteiger partial charge in [0, 0.05) is 18.2 Å². The predicted octanol–water partition coefficient (Wildman–Crippen LogP) is 2.73. The maximum absolute atomic E-state index is 11.9. The largest absolute Gasteiger partial charge is 0.325 e. The fraction of sp³-hybridized carbons (Fsp3) is 0.538. The molecular formula is C13H18ClN3O. The molecule has 98 valence electrons. The molecule has 1 aromatic rings. The van der Waals surface area contributed by atoms with E-state index in [1.807, 2.05) is 0 Å². The topological polar surface area (TPSA) is 68.0 Å². The van der Waals surface area contributed by atoms with Crippen LogP contribution in [0.25, 0.3) is 0 Å². The summed E-state index contributed by atoms with van der Waals surface area (Å²) in [5.74, 6) is 0.443. The van der Waals surface area contributed by atoms with Crippen LogP contribution < -0.4 is 11.1 Å². The molecule has 0 radical (unpaired) electrons. The molecule has 1 saturated carbocycles. The van der Waals surface area contributed by atoms with E-state index in [9.17, 15) is 4.79 Å². The lowest BCUT2D eigenvalue weighted by atomic mass is 9.80. The Kier molecular flexibility index (Phi) is 4.19. The van der Waals surface area contributed by atoms with Crippen molar-refractivity contribution in [1.82, 2.24) is 4.98 Å². The van der Waals surface area contributed by atoms with Gasteiger partial charge in [0.1, 0.15) is 5.82 Å². The van der Waals surface area contributed by atoms with Crippen LogP contribution >= 0.6 is 11.6 Å². The molecule has 0 saturated heterocycles. The van der Waals surface area contributed by atoms with E-state index in [4.69, 9.17) is 17.3 Å². The Morgan fingerprint density at radius 2 is 2.11 bits per heavy atom. The molecule has 1 aromatic heterocycles. The molecule has 1 aliphatic carbocycles. The maximum atomic E-state index is 11.9.